The molecule has 0 fully saturated rings. The molecule has 13 heteroatoms. The second-order valence-corrected chi connectivity index (χ2v) is 8.28. The molecule has 0 atom stereocenters. The quantitative estimate of drug-likeness (QED) is 0.290. The van der Waals surface area contributed by atoms with Crippen LogP contribution >= 0.6 is 31.9 Å². The number of halogens is 4. The molecule has 9 nitrogen and oxygen atoms in total. The maximum atomic E-state index is 14.3. The van der Waals surface area contributed by atoms with E-state index in [4.69, 9.17) is 4.74 Å². The highest BCUT2D eigenvalue weighted by Crippen LogP contribution is 2.33. The monoisotopic (exact) mass is 596 g/mol. The molecule has 0 aliphatic heterocycles. The number of benzene rings is 3. The van der Waals surface area contributed by atoms with E-state index in [9.17, 15) is 28.2 Å². The third-order valence-corrected chi connectivity index (χ3v) is 5.70. The van der Waals surface area contributed by atoms with Crippen molar-refractivity contribution in [2.75, 3.05) is 17.7 Å². The Labute approximate surface area is 207 Å². The molecule has 0 bridgehead atoms. The summed E-state index contributed by atoms with van der Waals surface area (Å²) in [6.45, 7) is 0. The molecule has 0 aliphatic carbocycles. The van der Waals surface area contributed by atoms with Crippen LogP contribution in [-0.4, -0.2) is 18.9 Å². The Balaban J connectivity index is 1.92. The molecular formula is C21H12Br2F2N4O5. The van der Waals surface area contributed by atoms with Crippen molar-refractivity contribution in [3.8, 4) is 5.75 Å². The molecule has 0 aliphatic rings. The van der Waals surface area contributed by atoms with Crippen LogP contribution < -0.4 is 15.4 Å². The van der Waals surface area contributed by atoms with Crippen LogP contribution in [0, 0.1) is 21.4 Å². The summed E-state index contributed by atoms with van der Waals surface area (Å²) < 4.78 is 33.9. The van der Waals surface area contributed by atoms with Crippen molar-refractivity contribution in [2.24, 2.45) is 10.4 Å². The zero-order valence-electron chi connectivity index (χ0n) is 17.0. The number of ether oxygens (including phenoxy) is 1. The predicted molar refractivity (Wildman–Crippen MR) is 128 cm³/mol. The average Bonchev–Trinajstić information content (AvgIpc) is 2.82. The summed E-state index contributed by atoms with van der Waals surface area (Å²) in [5.74, 6) is -3.36. The largest absolute Gasteiger partial charge is 0.496 e. The van der Waals surface area contributed by atoms with E-state index < -0.39 is 23.4 Å². The molecule has 0 saturated carbocycles. The average molecular weight is 598 g/mol. The van der Waals surface area contributed by atoms with Crippen LogP contribution in [0.4, 0.5) is 31.5 Å². The van der Waals surface area contributed by atoms with Gasteiger partial charge in [-0.15, -0.1) is 9.81 Å². The third-order valence-electron chi connectivity index (χ3n) is 4.45. The van der Waals surface area contributed by atoms with Gasteiger partial charge in [0.2, 0.25) is 0 Å². The lowest BCUT2D eigenvalue weighted by Gasteiger charge is -2.14. The molecule has 0 aromatic heterocycles. The molecule has 0 spiro atoms. The summed E-state index contributed by atoms with van der Waals surface area (Å²) in [5, 5.41) is 9.96. The number of anilines is 2. The summed E-state index contributed by atoms with van der Waals surface area (Å²) in [7, 11) is 1.29. The Morgan fingerprint density at radius 3 is 1.76 bits per heavy atom. The van der Waals surface area contributed by atoms with Crippen molar-refractivity contribution in [1.82, 2.24) is 0 Å². The molecule has 3 aromatic carbocycles. The van der Waals surface area contributed by atoms with Crippen LogP contribution in [0.5, 0.6) is 5.75 Å². The van der Waals surface area contributed by atoms with Gasteiger partial charge in [0.1, 0.15) is 28.8 Å². The van der Waals surface area contributed by atoms with Gasteiger partial charge < -0.3 is 15.4 Å². The van der Waals surface area contributed by atoms with Gasteiger partial charge in [-0.2, -0.15) is 0 Å². The molecule has 2 N–H and O–H groups in total. The van der Waals surface area contributed by atoms with Crippen LogP contribution in [0.3, 0.4) is 0 Å². The molecule has 174 valence electrons. The first-order valence-corrected chi connectivity index (χ1v) is 10.7. The molecule has 0 radical (unpaired) electrons. The standard InChI is InChI=1S/C21H12Br2F2N4O5/c1-34-17-3-2-9(20(30)26-18-13(22)5-10(28-32)7-15(18)24)4-12(17)21(31)27-19-14(23)6-11(29-33)8-16(19)25/h2-8H,1H3,(H,26,30)(H,27,31). The smallest absolute Gasteiger partial charge is 0.259 e. The molecule has 3 aromatic rings. The summed E-state index contributed by atoms with van der Waals surface area (Å²) >= 11 is 6.12. The van der Waals surface area contributed by atoms with Gasteiger partial charge in [0.15, 0.2) is 0 Å². The molecule has 0 unspecified atom stereocenters. The van der Waals surface area contributed by atoms with Gasteiger partial charge >= 0.3 is 0 Å². The van der Waals surface area contributed by atoms with Crippen molar-refractivity contribution in [2.45, 2.75) is 0 Å². The maximum absolute atomic E-state index is 14.3. The van der Waals surface area contributed by atoms with E-state index >= 15 is 0 Å². The van der Waals surface area contributed by atoms with E-state index in [0.717, 1.165) is 12.1 Å². The highest BCUT2D eigenvalue weighted by atomic mass is 79.9. The Kier molecular flexibility index (Phi) is 7.79. The van der Waals surface area contributed by atoms with Crippen molar-refractivity contribution < 1.29 is 23.1 Å². The summed E-state index contributed by atoms with van der Waals surface area (Å²) in [5.41, 5.74) is -1.04. The van der Waals surface area contributed by atoms with Gasteiger partial charge in [-0.05, 0) is 72.5 Å². The lowest BCUT2D eigenvalue weighted by atomic mass is 10.1. The van der Waals surface area contributed by atoms with Crippen LogP contribution in [0.1, 0.15) is 20.7 Å². The molecule has 34 heavy (non-hydrogen) atoms. The van der Waals surface area contributed by atoms with Gasteiger partial charge in [-0.25, -0.2) is 8.78 Å². The fourth-order valence-electron chi connectivity index (χ4n) is 2.86. The zero-order chi connectivity index (χ0) is 25.0. The molecule has 2 amide bonds. The number of carbonyl (C=O) groups excluding carboxylic acids is 2. The second kappa shape index (κ2) is 10.6. The Bertz CT molecular complexity index is 1290. The number of carbonyl (C=O) groups is 2. The Morgan fingerprint density at radius 2 is 1.32 bits per heavy atom. The van der Waals surface area contributed by atoms with E-state index in [-0.39, 0.29) is 48.6 Å². The SMILES string of the molecule is COc1ccc(C(=O)Nc2c(F)cc(N=O)cc2Br)cc1C(=O)Nc1c(F)cc(N=O)cc1Br. The number of nitroso groups, excluding NO2 is 2. The number of rotatable bonds is 7. The van der Waals surface area contributed by atoms with E-state index in [2.05, 4.69) is 52.8 Å². The Hall–Kier alpha value is -3.58. The normalized spacial score (nSPS) is 10.4. The molecule has 0 heterocycles. The summed E-state index contributed by atoms with van der Waals surface area (Å²) in [6, 6.07) is 7.95. The van der Waals surface area contributed by atoms with E-state index in [0.29, 0.717) is 0 Å². The van der Waals surface area contributed by atoms with Gasteiger partial charge in [-0.1, -0.05) is 0 Å². The minimum atomic E-state index is -0.918. The van der Waals surface area contributed by atoms with Crippen molar-refractivity contribution in [1.29, 1.82) is 0 Å². The zero-order valence-corrected chi connectivity index (χ0v) is 20.2. The van der Waals surface area contributed by atoms with E-state index in [1.54, 1.807) is 0 Å². The van der Waals surface area contributed by atoms with Crippen LogP contribution in [0.15, 0.2) is 61.8 Å². The number of methoxy groups -OCH3 is 1. The molecular weight excluding hydrogens is 586 g/mol. The summed E-state index contributed by atoms with van der Waals surface area (Å²) in [6.07, 6.45) is 0. The lowest BCUT2D eigenvalue weighted by molar-refractivity contribution is 0.102. The van der Waals surface area contributed by atoms with E-state index in [1.165, 1.54) is 37.4 Å². The van der Waals surface area contributed by atoms with E-state index in [1.807, 2.05) is 0 Å². The highest BCUT2D eigenvalue weighted by molar-refractivity contribution is 9.11. The molecule has 0 saturated heterocycles. The van der Waals surface area contributed by atoms with Gasteiger partial charge in [0, 0.05) is 26.6 Å². The first kappa shape index (κ1) is 25.1. The number of hydrogen-bond acceptors (Lipinski definition) is 7. The summed E-state index contributed by atoms with van der Waals surface area (Å²) in [4.78, 5) is 46.8. The van der Waals surface area contributed by atoms with Crippen LogP contribution in [-0.2, 0) is 0 Å². The fraction of sp³-hybridized carbons (Fsp3) is 0.0476. The van der Waals surface area contributed by atoms with Gasteiger partial charge in [0.05, 0.1) is 24.0 Å². The van der Waals surface area contributed by atoms with Crippen LogP contribution in [0.25, 0.3) is 0 Å². The van der Waals surface area contributed by atoms with Crippen molar-refractivity contribution in [3.63, 3.8) is 0 Å². The number of amides is 2. The van der Waals surface area contributed by atoms with Crippen molar-refractivity contribution >= 4 is 66.4 Å². The topological polar surface area (TPSA) is 126 Å². The second-order valence-electron chi connectivity index (χ2n) is 6.57. The predicted octanol–water partition coefficient (Wildman–Crippen LogP) is 6.80. The van der Waals surface area contributed by atoms with Crippen molar-refractivity contribution in [3.05, 3.63) is 84.0 Å². The number of hydrogen-bond donors (Lipinski definition) is 2. The number of nitrogens with one attached hydrogen (secondary N) is 2. The fourth-order valence-corrected chi connectivity index (χ4v) is 3.90. The minimum absolute atomic E-state index is 0.0464. The third kappa shape index (κ3) is 5.31. The van der Waals surface area contributed by atoms with Gasteiger partial charge in [0.25, 0.3) is 11.8 Å². The first-order chi connectivity index (χ1) is 16.2. The first-order valence-electron chi connectivity index (χ1n) is 9.14. The lowest BCUT2D eigenvalue weighted by Crippen LogP contribution is -2.18. The number of nitrogens with zero attached hydrogens (tertiary/aromatic N) is 2. The highest BCUT2D eigenvalue weighted by Gasteiger charge is 2.21. The maximum Gasteiger partial charge on any atom is 0.259 e. The Morgan fingerprint density at radius 1 is 0.824 bits per heavy atom. The van der Waals surface area contributed by atoms with Gasteiger partial charge in [-0.3, -0.25) is 9.59 Å². The minimum Gasteiger partial charge on any atom is -0.496 e. The van der Waals surface area contributed by atoms with Crippen LogP contribution in [0.2, 0.25) is 0 Å². The molecule has 3 rings (SSSR count).